The van der Waals surface area contributed by atoms with Gasteiger partial charge in [0, 0.05) is 7.05 Å². The van der Waals surface area contributed by atoms with Gasteiger partial charge in [-0.1, -0.05) is 41.7 Å². The number of hydrogen-bond donors (Lipinski definition) is 0. The molecule has 3 aromatic rings. The third kappa shape index (κ3) is 3.05. The highest BCUT2D eigenvalue weighted by molar-refractivity contribution is 7.16. The lowest BCUT2D eigenvalue weighted by molar-refractivity contribution is -0.117. The molecule has 124 valence electrons. The van der Waals surface area contributed by atoms with Crippen molar-refractivity contribution < 1.29 is 14.3 Å². The summed E-state index contributed by atoms with van der Waals surface area (Å²) < 4.78 is 13.6. The second-order valence-electron chi connectivity index (χ2n) is 5.26. The van der Waals surface area contributed by atoms with Crippen molar-refractivity contribution in [3.8, 4) is 11.5 Å². The van der Waals surface area contributed by atoms with Crippen molar-refractivity contribution in [3.63, 3.8) is 0 Å². The van der Waals surface area contributed by atoms with Gasteiger partial charge in [0.2, 0.25) is 0 Å². The number of aryl methyl sites for hydroxylation is 1. The quantitative estimate of drug-likeness (QED) is 0.732. The van der Waals surface area contributed by atoms with E-state index in [2.05, 4.69) is 4.99 Å². The van der Waals surface area contributed by atoms with Crippen LogP contribution in [0.3, 0.4) is 0 Å². The van der Waals surface area contributed by atoms with Crippen LogP contribution in [0.15, 0.2) is 47.5 Å². The number of aromatic nitrogens is 1. The highest BCUT2D eigenvalue weighted by Gasteiger charge is 2.14. The van der Waals surface area contributed by atoms with Crippen molar-refractivity contribution in [1.82, 2.24) is 4.57 Å². The number of carbonyl (C=O) groups is 1. The molecule has 24 heavy (non-hydrogen) atoms. The van der Waals surface area contributed by atoms with E-state index in [4.69, 9.17) is 9.47 Å². The molecular formula is C18H18N2O3S. The first-order valence-corrected chi connectivity index (χ1v) is 8.27. The number of fused-ring (bicyclic) bond motifs is 1. The van der Waals surface area contributed by atoms with Crippen molar-refractivity contribution in [2.75, 3.05) is 14.2 Å². The van der Waals surface area contributed by atoms with Crippen LogP contribution in [0, 0.1) is 0 Å². The van der Waals surface area contributed by atoms with Crippen molar-refractivity contribution in [1.29, 1.82) is 0 Å². The van der Waals surface area contributed by atoms with Crippen LogP contribution < -0.4 is 14.3 Å². The van der Waals surface area contributed by atoms with E-state index in [9.17, 15) is 4.79 Å². The minimum absolute atomic E-state index is 0.179. The summed E-state index contributed by atoms with van der Waals surface area (Å²) in [6.07, 6.45) is 0.281. The SMILES string of the molecule is COc1ccc(OC)c2c1sc(=NC(=O)Cc1ccccc1)n2C. The molecule has 0 saturated heterocycles. The predicted molar refractivity (Wildman–Crippen MR) is 94.6 cm³/mol. The Morgan fingerprint density at radius 2 is 1.75 bits per heavy atom. The molecule has 0 aliphatic rings. The summed E-state index contributed by atoms with van der Waals surface area (Å²) in [6.45, 7) is 0. The van der Waals surface area contributed by atoms with Crippen molar-refractivity contribution in [3.05, 3.63) is 52.8 Å². The number of hydrogen-bond acceptors (Lipinski definition) is 4. The molecule has 0 saturated carbocycles. The lowest BCUT2D eigenvalue weighted by atomic mass is 10.1. The van der Waals surface area contributed by atoms with Gasteiger partial charge in [0.25, 0.3) is 5.91 Å². The van der Waals surface area contributed by atoms with Gasteiger partial charge in [-0.15, -0.1) is 0 Å². The zero-order valence-corrected chi connectivity index (χ0v) is 14.6. The van der Waals surface area contributed by atoms with Crippen molar-refractivity contribution in [2.45, 2.75) is 6.42 Å². The van der Waals surface area contributed by atoms with Gasteiger partial charge >= 0.3 is 0 Å². The summed E-state index contributed by atoms with van der Waals surface area (Å²) in [6, 6.07) is 13.3. The van der Waals surface area contributed by atoms with Gasteiger partial charge < -0.3 is 14.0 Å². The Morgan fingerprint density at radius 3 is 2.42 bits per heavy atom. The third-order valence-corrected chi connectivity index (χ3v) is 4.88. The molecule has 0 aliphatic heterocycles. The summed E-state index contributed by atoms with van der Waals surface area (Å²) in [4.78, 5) is 17.2. The second-order valence-corrected chi connectivity index (χ2v) is 6.24. The van der Waals surface area contributed by atoms with E-state index in [1.165, 1.54) is 11.3 Å². The molecule has 1 heterocycles. The van der Waals surface area contributed by atoms with Crippen LogP contribution >= 0.6 is 11.3 Å². The van der Waals surface area contributed by atoms with Crippen LogP contribution in [0.4, 0.5) is 0 Å². The number of ether oxygens (including phenoxy) is 2. The highest BCUT2D eigenvalue weighted by Crippen LogP contribution is 2.34. The molecule has 0 N–H and O–H groups in total. The molecule has 0 radical (unpaired) electrons. The summed E-state index contributed by atoms with van der Waals surface area (Å²) in [7, 11) is 5.12. The first-order valence-electron chi connectivity index (χ1n) is 7.46. The Bertz CT molecular complexity index is 942. The Labute approximate surface area is 143 Å². The number of benzene rings is 2. The molecule has 1 aromatic heterocycles. The summed E-state index contributed by atoms with van der Waals surface area (Å²) in [5, 5.41) is 0. The smallest absolute Gasteiger partial charge is 0.252 e. The van der Waals surface area contributed by atoms with E-state index >= 15 is 0 Å². The van der Waals surface area contributed by atoms with Gasteiger partial charge in [0.15, 0.2) is 4.80 Å². The Kier molecular flexibility index (Phi) is 4.66. The normalized spacial score (nSPS) is 11.7. The van der Waals surface area contributed by atoms with E-state index in [0.29, 0.717) is 4.80 Å². The first-order chi connectivity index (χ1) is 11.6. The monoisotopic (exact) mass is 342 g/mol. The zero-order valence-electron chi connectivity index (χ0n) is 13.8. The Hall–Kier alpha value is -2.60. The van der Waals surface area contributed by atoms with Crippen molar-refractivity contribution >= 4 is 27.5 Å². The molecule has 1 amide bonds. The number of rotatable bonds is 4. The average Bonchev–Trinajstić information content (AvgIpc) is 2.92. The van der Waals surface area contributed by atoms with E-state index in [1.807, 2.05) is 54.1 Å². The molecule has 6 heteroatoms. The average molecular weight is 342 g/mol. The third-order valence-electron chi connectivity index (χ3n) is 3.73. The summed E-state index contributed by atoms with van der Waals surface area (Å²) in [5.74, 6) is 1.28. The van der Waals surface area contributed by atoms with Crippen LogP contribution in [-0.4, -0.2) is 24.7 Å². The topological polar surface area (TPSA) is 52.8 Å². The molecule has 0 bridgehead atoms. The predicted octanol–water partition coefficient (Wildman–Crippen LogP) is 2.93. The summed E-state index contributed by atoms with van der Waals surface area (Å²) in [5.41, 5.74) is 1.82. The number of methoxy groups -OCH3 is 2. The van der Waals surface area contributed by atoms with Gasteiger partial charge in [0.05, 0.1) is 20.6 Å². The Balaban J connectivity index is 2.06. The molecule has 2 aromatic carbocycles. The maximum absolute atomic E-state index is 12.3. The van der Waals surface area contributed by atoms with Crippen LogP contribution in [0.2, 0.25) is 0 Å². The standard InChI is InChI=1S/C18H18N2O3S/c1-20-16-13(22-2)9-10-14(23-3)17(16)24-18(20)19-15(21)11-12-7-5-4-6-8-12/h4-10H,11H2,1-3H3. The van der Waals surface area contributed by atoms with Gasteiger partial charge in [-0.3, -0.25) is 4.79 Å². The number of carbonyl (C=O) groups excluding carboxylic acids is 1. The fraction of sp³-hybridized carbons (Fsp3) is 0.222. The maximum atomic E-state index is 12.3. The largest absolute Gasteiger partial charge is 0.495 e. The molecular weight excluding hydrogens is 324 g/mol. The zero-order chi connectivity index (χ0) is 17.1. The molecule has 0 spiro atoms. The lowest BCUT2D eigenvalue weighted by Gasteiger charge is -2.06. The number of thiazole rings is 1. The van der Waals surface area contributed by atoms with E-state index in [1.54, 1.807) is 14.2 Å². The van der Waals surface area contributed by atoms with Crippen LogP contribution in [0.25, 0.3) is 10.2 Å². The second kappa shape index (κ2) is 6.88. The maximum Gasteiger partial charge on any atom is 0.252 e. The van der Waals surface area contributed by atoms with Crippen molar-refractivity contribution in [2.24, 2.45) is 12.0 Å². The van der Waals surface area contributed by atoms with Crippen LogP contribution in [-0.2, 0) is 18.3 Å². The van der Waals surface area contributed by atoms with E-state index in [-0.39, 0.29) is 12.3 Å². The van der Waals surface area contributed by atoms with Gasteiger partial charge in [-0.05, 0) is 17.7 Å². The molecule has 0 atom stereocenters. The van der Waals surface area contributed by atoms with Crippen LogP contribution in [0.1, 0.15) is 5.56 Å². The summed E-state index contributed by atoms with van der Waals surface area (Å²) >= 11 is 1.41. The van der Waals surface area contributed by atoms with Gasteiger partial charge in [-0.25, -0.2) is 0 Å². The molecule has 5 nitrogen and oxygen atoms in total. The fourth-order valence-electron chi connectivity index (χ4n) is 2.55. The van der Waals surface area contributed by atoms with E-state index in [0.717, 1.165) is 27.3 Å². The van der Waals surface area contributed by atoms with Gasteiger partial charge in [-0.2, -0.15) is 4.99 Å². The number of amides is 1. The molecule has 3 rings (SSSR count). The number of nitrogens with zero attached hydrogens (tertiary/aromatic N) is 2. The molecule has 0 unspecified atom stereocenters. The van der Waals surface area contributed by atoms with Gasteiger partial charge in [0.1, 0.15) is 21.7 Å². The fourth-order valence-corrected chi connectivity index (χ4v) is 3.69. The van der Waals surface area contributed by atoms with Crippen LogP contribution in [0.5, 0.6) is 11.5 Å². The molecule has 0 fully saturated rings. The minimum atomic E-state index is -0.179. The minimum Gasteiger partial charge on any atom is -0.495 e. The molecule has 0 aliphatic carbocycles. The highest BCUT2D eigenvalue weighted by atomic mass is 32.1. The first kappa shape index (κ1) is 16.3. The lowest BCUT2D eigenvalue weighted by Crippen LogP contribution is -2.14. The van der Waals surface area contributed by atoms with E-state index < -0.39 is 0 Å². The Morgan fingerprint density at radius 1 is 1.08 bits per heavy atom.